The van der Waals surface area contributed by atoms with Crippen LogP contribution in [0.2, 0.25) is 0 Å². The van der Waals surface area contributed by atoms with Crippen molar-refractivity contribution in [1.29, 1.82) is 0 Å². The van der Waals surface area contributed by atoms with Crippen molar-refractivity contribution in [1.82, 2.24) is 9.97 Å². The highest BCUT2D eigenvalue weighted by Crippen LogP contribution is 2.25. The molecule has 88 valence electrons. The largest absolute Gasteiger partial charge is 0.391 e. The molecule has 0 radical (unpaired) electrons. The lowest BCUT2D eigenvalue weighted by Gasteiger charge is -2.35. The lowest BCUT2D eigenvalue weighted by atomic mass is 9.91. The molecule has 5 heteroatoms. The number of aliphatic hydroxyl groups is 1. The molecule has 0 aromatic carbocycles. The molecule has 1 heterocycles. The average Bonchev–Trinajstić information content (AvgIpc) is 2.29. The van der Waals surface area contributed by atoms with Gasteiger partial charge in [-0.25, -0.2) is 9.97 Å². The van der Waals surface area contributed by atoms with E-state index >= 15 is 0 Å². The molecule has 16 heavy (non-hydrogen) atoms. The zero-order valence-corrected chi connectivity index (χ0v) is 9.30. The van der Waals surface area contributed by atoms with E-state index in [2.05, 4.69) is 9.97 Å². The predicted molar refractivity (Wildman–Crippen MR) is 58.7 cm³/mol. The summed E-state index contributed by atoms with van der Waals surface area (Å²) < 4.78 is 13.0. The molecule has 1 saturated carbocycles. The summed E-state index contributed by atoms with van der Waals surface area (Å²) in [6.45, 7) is 0. The maximum atomic E-state index is 13.0. The minimum absolute atomic E-state index is 0.0306. The second-order valence-electron chi connectivity index (χ2n) is 4.23. The number of rotatable bonds is 2. The Labute approximate surface area is 94.1 Å². The molecule has 1 aromatic rings. The number of aliphatic hydroxyl groups excluding tert-OH is 1. The molecule has 2 atom stereocenters. The molecule has 2 unspecified atom stereocenters. The number of anilines is 1. The molecule has 1 aliphatic rings. The number of hydrogen-bond acceptors (Lipinski definition) is 4. The van der Waals surface area contributed by atoms with Gasteiger partial charge in [0.05, 0.1) is 12.1 Å². The van der Waals surface area contributed by atoms with E-state index in [1.54, 1.807) is 0 Å². The van der Waals surface area contributed by atoms with Crippen molar-refractivity contribution in [2.45, 2.75) is 37.8 Å². The van der Waals surface area contributed by atoms with E-state index < -0.39 is 5.95 Å². The molecule has 0 bridgehead atoms. The van der Waals surface area contributed by atoms with E-state index in [0.29, 0.717) is 5.82 Å². The number of nitrogens with zero attached hydrogens (tertiary/aromatic N) is 3. The van der Waals surface area contributed by atoms with Gasteiger partial charge in [0.25, 0.3) is 0 Å². The first-order chi connectivity index (χ1) is 7.68. The molecule has 0 amide bonds. The Hall–Kier alpha value is -1.23. The van der Waals surface area contributed by atoms with Gasteiger partial charge in [0.15, 0.2) is 0 Å². The predicted octanol–water partition coefficient (Wildman–Crippen LogP) is 1.36. The van der Waals surface area contributed by atoms with Crippen molar-refractivity contribution >= 4 is 5.82 Å². The van der Waals surface area contributed by atoms with Crippen LogP contribution in [-0.4, -0.2) is 34.3 Å². The van der Waals surface area contributed by atoms with Gasteiger partial charge >= 0.3 is 0 Å². The Balaban J connectivity index is 2.14. The van der Waals surface area contributed by atoms with Crippen molar-refractivity contribution in [2.75, 3.05) is 11.9 Å². The highest BCUT2D eigenvalue weighted by Gasteiger charge is 2.27. The lowest BCUT2D eigenvalue weighted by Crippen LogP contribution is -2.43. The Kier molecular flexibility index (Phi) is 3.33. The van der Waals surface area contributed by atoms with Crippen LogP contribution in [0, 0.1) is 5.95 Å². The molecular formula is C11H16FN3O. The van der Waals surface area contributed by atoms with Crippen LogP contribution in [-0.2, 0) is 0 Å². The van der Waals surface area contributed by atoms with Crippen molar-refractivity contribution in [3.05, 3.63) is 18.3 Å². The van der Waals surface area contributed by atoms with Crippen LogP contribution in [0.25, 0.3) is 0 Å². The summed E-state index contributed by atoms with van der Waals surface area (Å²) in [5, 5.41) is 9.89. The maximum absolute atomic E-state index is 13.0. The third-order valence-electron chi connectivity index (χ3n) is 3.17. The van der Waals surface area contributed by atoms with Crippen LogP contribution in [0.5, 0.6) is 0 Å². The summed E-state index contributed by atoms with van der Waals surface area (Å²) in [7, 11) is 1.83. The van der Waals surface area contributed by atoms with E-state index in [1.165, 1.54) is 12.4 Å². The second-order valence-corrected chi connectivity index (χ2v) is 4.23. The van der Waals surface area contributed by atoms with Gasteiger partial charge in [0.2, 0.25) is 5.95 Å². The molecule has 1 aliphatic carbocycles. The first-order valence-corrected chi connectivity index (χ1v) is 5.57. The van der Waals surface area contributed by atoms with Gasteiger partial charge in [-0.05, 0) is 12.8 Å². The summed E-state index contributed by atoms with van der Waals surface area (Å²) in [6.07, 6.45) is 4.74. The Morgan fingerprint density at radius 3 is 2.81 bits per heavy atom. The lowest BCUT2D eigenvalue weighted by molar-refractivity contribution is 0.106. The van der Waals surface area contributed by atoms with Gasteiger partial charge < -0.3 is 10.0 Å². The van der Waals surface area contributed by atoms with Crippen molar-refractivity contribution in [3.8, 4) is 0 Å². The average molecular weight is 225 g/mol. The normalized spacial score (nSPS) is 25.4. The fourth-order valence-corrected chi connectivity index (χ4v) is 2.23. The van der Waals surface area contributed by atoms with Gasteiger partial charge in [0.1, 0.15) is 12.1 Å². The Bertz CT molecular complexity index is 361. The summed E-state index contributed by atoms with van der Waals surface area (Å²) in [5.41, 5.74) is 0. The minimum atomic E-state index is -0.540. The fourth-order valence-electron chi connectivity index (χ4n) is 2.23. The van der Waals surface area contributed by atoms with Gasteiger partial charge in [-0.2, -0.15) is 4.39 Å². The highest BCUT2D eigenvalue weighted by atomic mass is 19.1. The molecule has 2 rings (SSSR count). The van der Waals surface area contributed by atoms with E-state index in [4.69, 9.17) is 0 Å². The van der Waals surface area contributed by atoms with Crippen molar-refractivity contribution in [2.24, 2.45) is 0 Å². The van der Waals surface area contributed by atoms with Crippen molar-refractivity contribution < 1.29 is 9.50 Å². The number of halogens is 1. The first-order valence-electron chi connectivity index (χ1n) is 5.57. The molecule has 1 fully saturated rings. The zero-order chi connectivity index (χ0) is 11.5. The zero-order valence-electron chi connectivity index (χ0n) is 9.30. The minimum Gasteiger partial charge on any atom is -0.391 e. The van der Waals surface area contributed by atoms with E-state index in [1.807, 2.05) is 11.9 Å². The molecule has 1 N–H and O–H groups in total. The van der Waals surface area contributed by atoms with Crippen LogP contribution in [0.4, 0.5) is 10.2 Å². The smallest absolute Gasteiger partial charge is 0.218 e. The van der Waals surface area contributed by atoms with Gasteiger partial charge in [-0.3, -0.25) is 0 Å². The first kappa shape index (κ1) is 11.3. The molecule has 0 saturated heterocycles. The molecule has 1 aromatic heterocycles. The third kappa shape index (κ3) is 2.29. The number of aromatic nitrogens is 2. The van der Waals surface area contributed by atoms with Crippen LogP contribution in [0.3, 0.4) is 0 Å². The molecule has 4 nitrogen and oxygen atoms in total. The Morgan fingerprint density at radius 2 is 2.12 bits per heavy atom. The fraction of sp³-hybridized carbons (Fsp3) is 0.636. The molecular weight excluding hydrogens is 209 g/mol. The van der Waals surface area contributed by atoms with E-state index in [0.717, 1.165) is 25.7 Å². The summed E-state index contributed by atoms with van der Waals surface area (Å²) in [6, 6.07) is 1.32. The third-order valence-corrected chi connectivity index (χ3v) is 3.17. The standard InChI is InChI=1S/C11H16FN3O/c1-15(8-4-2-3-5-9(8)16)11-6-10(12)13-7-14-11/h6-9,16H,2-5H2,1H3. The number of hydrogen-bond donors (Lipinski definition) is 1. The summed E-state index contributed by atoms with van der Waals surface area (Å²) >= 11 is 0. The number of likely N-dealkylation sites (N-methyl/N-ethyl adjacent to an activating group) is 1. The van der Waals surface area contributed by atoms with Crippen LogP contribution in [0.15, 0.2) is 12.4 Å². The quantitative estimate of drug-likeness (QED) is 0.772. The van der Waals surface area contributed by atoms with Gasteiger partial charge in [-0.1, -0.05) is 12.8 Å². The highest BCUT2D eigenvalue weighted by molar-refractivity contribution is 5.37. The van der Waals surface area contributed by atoms with Crippen molar-refractivity contribution in [3.63, 3.8) is 0 Å². The maximum Gasteiger partial charge on any atom is 0.218 e. The van der Waals surface area contributed by atoms with Crippen LogP contribution < -0.4 is 4.90 Å². The van der Waals surface area contributed by atoms with Gasteiger partial charge in [0, 0.05) is 13.1 Å². The van der Waals surface area contributed by atoms with E-state index in [-0.39, 0.29) is 12.1 Å². The summed E-state index contributed by atoms with van der Waals surface area (Å²) in [4.78, 5) is 9.27. The monoisotopic (exact) mass is 225 g/mol. The van der Waals surface area contributed by atoms with Crippen LogP contribution >= 0.6 is 0 Å². The summed E-state index contributed by atoms with van der Waals surface area (Å²) in [5.74, 6) is -0.0133. The second kappa shape index (κ2) is 4.74. The Morgan fingerprint density at radius 1 is 1.38 bits per heavy atom. The van der Waals surface area contributed by atoms with Crippen LogP contribution in [0.1, 0.15) is 25.7 Å². The SMILES string of the molecule is CN(c1cc(F)ncn1)C1CCCCC1O. The molecule has 0 spiro atoms. The van der Waals surface area contributed by atoms with Gasteiger partial charge in [-0.15, -0.1) is 0 Å². The molecule has 0 aliphatic heterocycles. The topological polar surface area (TPSA) is 49.2 Å². The van der Waals surface area contributed by atoms with E-state index in [9.17, 15) is 9.50 Å².